The van der Waals surface area contributed by atoms with Gasteiger partial charge in [0.25, 0.3) is 0 Å². The van der Waals surface area contributed by atoms with E-state index >= 15 is 0 Å². The Bertz CT molecular complexity index is 24.7. The van der Waals surface area contributed by atoms with Crippen molar-refractivity contribution in [2.24, 2.45) is 0 Å². The van der Waals surface area contributed by atoms with Crippen LogP contribution in [0.5, 0.6) is 0 Å². The first-order valence-electron chi connectivity index (χ1n) is 2.10. The number of hydrogen-bond donors (Lipinski definition) is 0. The third kappa shape index (κ3) is 2.91. The molecular weight excluding hydrogens is 112 g/mol. The Labute approximate surface area is 48.5 Å². The van der Waals surface area contributed by atoms with E-state index in [2.05, 4.69) is 13.8 Å². The summed E-state index contributed by atoms with van der Waals surface area (Å²) in [5.74, 6) is 0. The van der Waals surface area contributed by atoms with Crippen LogP contribution in [0, 0.1) is 0 Å². The smallest absolute Gasteiger partial charge is 0.0222 e. The third-order valence-corrected chi connectivity index (χ3v) is 2.39. The van der Waals surface area contributed by atoms with Crippen LogP contribution in [0.15, 0.2) is 0 Å². The SMILES string of the molecule is CCC(C)S[S-]. The Morgan fingerprint density at radius 2 is 2.33 bits per heavy atom. The van der Waals surface area contributed by atoms with Crippen LogP contribution >= 0.6 is 10.8 Å². The van der Waals surface area contributed by atoms with E-state index in [4.69, 9.17) is 11.7 Å². The molecule has 0 aliphatic heterocycles. The summed E-state index contributed by atoms with van der Waals surface area (Å²) in [5.41, 5.74) is 0. The molecule has 0 rings (SSSR count). The van der Waals surface area contributed by atoms with Gasteiger partial charge >= 0.3 is 0 Å². The summed E-state index contributed by atoms with van der Waals surface area (Å²) < 4.78 is 0. The summed E-state index contributed by atoms with van der Waals surface area (Å²) in [7, 11) is 1.51. The molecule has 0 spiro atoms. The third-order valence-electron chi connectivity index (χ3n) is 0.739. The highest BCUT2D eigenvalue weighted by Crippen LogP contribution is 2.08. The van der Waals surface area contributed by atoms with Crippen molar-refractivity contribution in [3.8, 4) is 0 Å². The average molecular weight is 121 g/mol. The zero-order valence-corrected chi connectivity index (χ0v) is 5.73. The fourth-order valence-corrected chi connectivity index (χ4v) is 0.612. The van der Waals surface area contributed by atoms with E-state index < -0.39 is 0 Å². The largest absolute Gasteiger partial charge is 0.719 e. The van der Waals surface area contributed by atoms with Gasteiger partial charge in [0, 0.05) is 0 Å². The molecule has 0 heterocycles. The molecule has 0 nitrogen and oxygen atoms in total. The van der Waals surface area contributed by atoms with Crippen LogP contribution in [-0.4, -0.2) is 5.25 Å². The van der Waals surface area contributed by atoms with E-state index in [-0.39, 0.29) is 0 Å². The van der Waals surface area contributed by atoms with Gasteiger partial charge in [-0.05, 0) is 11.7 Å². The fourth-order valence-electron chi connectivity index (χ4n) is 0.0680. The lowest BCUT2D eigenvalue weighted by atomic mass is 10.4. The monoisotopic (exact) mass is 121 g/mol. The first-order chi connectivity index (χ1) is 2.81. The van der Waals surface area contributed by atoms with Crippen LogP contribution in [0.25, 0.3) is 0 Å². The average Bonchev–Trinajstić information content (AvgIpc) is 1.65. The van der Waals surface area contributed by atoms with Gasteiger partial charge in [-0.3, -0.25) is 0 Å². The molecule has 0 bridgehead atoms. The van der Waals surface area contributed by atoms with E-state index in [1.165, 1.54) is 17.2 Å². The normalized spacial score (nSPS) is 14.5. The van der Waals surface area contributed by atoms with Gasteiger partial charge in [0.15, 0.2) is 0 Å². The van der Waals surface area contributed by atoms with Crippen LogP contribution in [0.4, 0.5) is 0 Å². The Morgan fingerprint density at radius 1 is 1.83 bits per heavy atom. The number of rotatable bonds is 2. The lowest BCUT2D eigenvalue weighted by Gasteiger charge is -2.10. The molecule has 0 radical (unpaired) electrons. The first-order valence-corrected chi connectivity index (χ1v) is 3.90. The maximum Gasteiger partial charge on any atom is -0.0222 e. The van der Waals surface area contributed by atoms with Gasteiger partial charge in [-0.2, -0.15) is 0 Å². The minimum atomic E-state index is 0.667. The molecule has 6 heavy (non-hydrogen) atoms. The van der Waals surface area contributed by atoms with Gasteiger partial charge in [0.05, 0.1) is 0 Å². The van der Waals surface area contributed by atoms with E-state index in [1.807, 2.05) is 0 Å². The summed E-state index contributed by atoms with van der Waals surface area (Å²) >= 11 is 4.69. The van der Waals surface area contributed by atoms with Crippen molar-refractivity contribution in [2.45, 2.75) is 25.5 Å². The zero-order chi connectivity index (χ0) is 4.99. The second kappa shape index (κ2) is 3.88. The van der Waals surface area contributed by atoms with E-state index in [1.54, 1.807) is 0 Å². The molecule has 0 aliphatic rings. The molecule has 38 valence electrons. The summed E-state index contributed by atoms with van der Waals surface area (Å²) in [5, 5.41) is 0.667. The Kier molecular flexibility index (Phi) is 4.33. The highest BCUT2D eigenvalue weighted by Gasteiger charge is 1.83. The summed E-state index contributed by atoms with van der Waals surface area (Å²) in [6, 6.07) is 0. The molecule has 0 amide bonds. The van der Waals surface area contributed by atoms with Crippen molar-refractivity contribution in [3.05, 3.63) is 0 Å². The van der Waals surface area contributed by atoms with Crippen molar-refractivity contribution in [3.63, 3.8) is 0 Å². The molecule has 0 aliphatic carbocycles. The predicted octanol–water partition coefficient (Wildman–Crippen LogP) is 1.98. The topological polar surface area (TPSA) is 0 Å². The molecule has 0 aromatic heterocycles. The maximum absolute atomic E-state index is 4.69. The first kappa shape index (κ1) is 6.70. The standard InChI is InChI=1S/C4H10S2/c1-3-4(2)6-5/h4-5H,3H2,1-2H3/p-1. The summed E-state index contributed by atoms with van der Waals surface area (Å²) in [6.07, 6.45) is 1.19. The molecule has 0 aromatic carbocycles. The van der Waals surface area contributed by atoms with E-state index in [0.29, 0.717) is 5.25 Å². The number of hydrogen-bond acceptors (Lipinski definition) is 2. The van der Waals surface area contributed by atoms with Crippen LogP contribution < -0.4 is 0 Å². The van der Waals surface area contributed by atoms with Gasteiger partial charge in [0.1, 0.15) is 0 Å². The van der Waals surface area contributed by atoms with Gasteiger partial charge in [-0.25, -0.2) is 0 Å². The van der Waals surface area contributed by atoms with Crippen LogP contribution in [0.2, 0.25) is 0 Å². The van der Waals surface area contributed by atoms with Crippen LogP contribution in [0.1, 0.15) is 20.3 Å². The van der Waals surface area contributed by atoms with Gasteiger partial charge in [-0.15, -0.1) is 0 Å². The highest BCUT2D eigenvalue weighted by molar-refractivity contribution is 8.59. The molecule has 2 heteroatoms. The molecule has 1 unspecified atom stereocenters. The van der Waals surface area contributed by atoms with Crippen molar-refractivity contribution in [1.29, 1.82) is 0 Å². The van der Waals surface area contributed by atoms with Crippen LogP contribution in [0.3, 0.4) is 0 Å². The van der Waals surface area contributed by atoms with Gasteiger partial charge < -0.3 is 22.5 Å². The molecule has 0 aromatic rings. The van der Waals surface area contributed by atoms with E-state index in [9.17, 15) is 0 Å². The predicted molar refractivity (Wildman–Crippen MR) is 34.7 cm³/mol. The molecule has 1 atom stereocenters. The second-order valence-corrected chi connectivity index (χ2v) is 2.89. The lowest BCUT2D eigenvalue weighted by Crippen LogP contribution is -1.87. The highest BCUT2D eigenvalue weighted by atomic mass is 33.1. The maximum atomic E-state index is 4.69. The summed E-state index contributed by atoms with van der Waals surface area (Å²) in [6.45, 7) is 4.28. The van der Waals surface area contributed by atoms with Crippen molar-refractivity contribution < 1.29 is 0 Å². The Balaban J connectivity index is 2.75. The Morgan fingerprint density at radius 3 is 2.33 bits per heavy atom. The van der Waals surface area contributed by atoms with Crippen LogP contribution in [-0.2, 0) is 11.7 Å². The molecule has 0 N–H and O–H groups in total. The molecule has 0 saturated carbocycles. The van der Waals surface area contributed by atoms with E-state index in [0.717, 1.165) is 0 Å². The van der Waals surface area contributed by atoms with Crippen molar-refractivity contribution in [2.75, 3.05) is 0 Å². The molecule has 0 saturated heterocycles. The minimum absolute atomic E-state index is 0.667. The fraction of sp³-hybridized carbons (Fsp3) is 1.00. The summed E-state index contributed by atoms with van der Waals surface area (Å²) in [4.78, 5) is 0. The molecule has 0 fully saturated rings. The van der Waals surface area contributed by atoms with Gasteiger partial charge in [0.2, 0.25) is 0 Å². The van der Waals surface area contributed by atoms with Crippen molar-refractivity contribution >= 4 is 22.5 Å². The quantitative estimate of drug-likeness (QED) is 0.405. The van der Waals surface area contributed by atoms with Gasteiger partial charge in [-0.1, -0.05) is 13.8 Å². The zero-order valence-electron chi connectivity index (χ0n) is 4.10. The minimum Gasteiger partial charge on any atom is -0.719 e. The van der Waals surface area contributed by atoms with Crippen molar-refractivity contribution in [1.82, 2.24) is 0 Å². The second-order valence-electron chi connectivity index (χ2n) is 1.32. The Hall–Kier alpha value is 0.700. The molecular formula is C4H9S2-. The lowest BCUT2D eigenvalue weighted by molar-refractivity contribution is 0.912.